The van der Waals surface area contributed by atoms with Gasteiger partial charge in [-0.15, -0.1) is 0 Å². The average Bonchev–Trinajstić information content (AvgIpc) is 3.56. The van der Waals surface area contributed by atoms with Crippen LogP contribution < -0.4 is 9.47 Å². The molecule has 0 unspecified atom stereocenters. The van der Waals surface area contributed by atoms with Gasteiger partial charge in [-0.05, 0) is 79.8 Å². The van der Waals surface area contributed by atoms with Crippen molar-refractivity contribution in [1.29, 1.82) is 0 Å². The van der Waals surface area contributed by atoms with Gasteiger partial charge < -0.3 is 14.4 Å². The number of nitrogens with zero attached hydrogens (tertiary/aromatic N) is 1. The number of benzene rings is 3. The lowest BCUT2D eigenvalue weighted by atomic mass is 9.87. The third kappa shape index (κ3) is 4.41. The Morgan fingerprint density at radius 3 is 2.31 bits per heavy atom. The van der Waals surface area contributed by atoms with Crippen LogP contribution in [0.15, 0.2) is 60.7 Å². The third-order valence-corrected chi connectivity index (χ3v) is 7.43. The molecular weight excluding hydrogens is 462 g/mol. The summed E-state index contributed by atoms with van der Waals surface area (Å²) < 4.78 is 10.9. The number of ketones is 1. The van der Waals surface area contributed by atoms with Crippen LogP contribution in [0.3, 0.4) is 0 Å². The van der Waals surface area contributed by atoms with E-state index in [1.54, 1.807) is 4.90 Å². The molecular formula is C29H28ClNO4. The normalized spacial score (nSPS) is 15.1. The Hall–Kier alpha value is -3.31. The topological polar surface area (TPSA) is 55.8 Å². The maximum atomic E-state index is 13.4. The van der Waals surface area contributed by atoms with Crippen LogP contribution in [0.4, 0.5) is 0 Å². The van der Waals surface area contributed by atoms with Gasteiger partial charge in [-0.25, -0.2) is 0 Å². The van der Waals surface area contributed by atoms with E-state index in [-0.39, 0.29) is 18.5 Å². The molecule has 35 heavy (non-hydrogen) atoms. The fourth-order valence-corrected chi connectivity index (χ4v) is 5.02. The van der Waals surface area contributed by atoms with Crippen molar-refractivity contribution in [3.63, 3.8) is 0 Å². The number of halogens is 1. The molecule has 0 bridgehead atoms. The van der Waals surface area contributed by atoms with Crippen molar-refractivity contribution in [1.82, 2.24) is 4.90 Å². The number of rotatable bonds is 8. The van der Waals surface area contributed by atoms with E-state index in [1.165, 1.54) is 0 Å². The highest BCUT2D eigenvalue weighted by Crippen LogP contribution is 2.51. The Morgan fingerprint density at radius 2 is 1.63 bits per heavy atom. The first-order valence-electron chi connectivity index (χ1n) is 12.1. The van der Waals surface area contributed by atoms with Gasteiger partial charge in [0.05, 0.1) is 5.41 Å². The van der Waals surface area contributed by atoms with Crippen LogP contribution in [0.25, 0.3) is 11.1 Å². The molecule has 5 rings (SSSR count). The van der Waals surface area contributed by atoms with Crippen LogP contribution in [0.2, 0.25) is 5.02 Å². The largest absolute Gasteiger partial charge is 0.454 e. The van der Waals surface area contributed by atoms with Crippen molar-refractivity contribution >= 4 is 23.3 Å². The Balaban J connectivity index is 1.35. The lowest BCUT2D eigenvalue weighted by Crippen LogP contribution is -2.30. The molecule has 1 amide bonds. The van der Waals surface area contributed by atoms with Gasteiger partial charge in [0.1, 0.15) is 5.78 Å². The number of carbonyl (C=O) groups is 2. The highest BCUT2D eigenvalue weighted by Gasteiger charge is 2.50. The number of fused-ring (bicyclic) bond motifs is 1. The van der Waals surface area contributed by atoms with Crippen LogP contribution in [-0.2, 0) is 16.6 Å². The van der Waals surface area contributed by atoms with E-state index in [4.69, 9.17) is 21.1 Å². The van der Waals surface area contributed by atoms with Crippen molar-refractivity contribution in [2.75, 3.05) is 19.9 Å². The van der Waals surface area contributed by atoms with Gasteiger partial charge in [-0.3, -0.25) is 9.59 Å². The summed E-state index contributed by atoms with van der Waals surface area (Å²) in [6.45, 7) is 5.51. The maximum absolute atomic E-state index is 13.4. The fraction of sp³-hybridized carbons (Fsp3) is 0.310. The lowest BCUT2D eigenvalue weighted by Gasteiger charge is -2.19. The van der Waals surface area contributed by atoms with Crippen molar-refractivity contribution < 1.29 is 19.1 Å². The van der Waals surface area contributed by atoms with E-state index in [0.717, 1.165) is 40.8 Å². The molecule has 180 valence electrons. The molecule has 0 aromatic heterocycles. The Bertz CT molecular complexity index is 1280. The van der Waals surface area contributed by atoms with Crippen molar-refractivity contribution in [2.24, 2.45) is 0 Å². The van der Waals surface area contributed by atoms with E-state index >= 15 is 0 Å². The maximum Gasteiger partial charge on any atom is 0.253 e. The van der Waals surface area contributed by atoms with Gasteiger partial charge in [0.25, 0.3) is 5.91 Å². The summed E-state index contributed by atoms with van der Waals surface area (Å²) in [5, 5.41) is 0.612. The Labute approximate surface area is 210 Å². The summed E-state index contributed by atoms with van der Waals surface area (Å²) in [5.41, 5.74) is 3.88. The molecule has 1 aliphatic heterocycles. The average molecular weight is 490 g/mol. The molecule has 0 spiro atoms. The summed E-state index contributed by atoms with van der Waals surface area (Å²) in [5.74, 6) is 1.65. The third-order valence-electron chi connectivity index (χ3n) is 7.10. The van der Waals surface area contributed by atoms with E-state index in [9.17, 15) is 9.59 Å². The quantitative estimate of drug-likeness (QED) is 0.386. The molecule has 5 nitrogen and oxygen atoms in total. The molecule has 6 heteroatoms. The number of ether oxygens (including phenoxy) is 2. The van der Waals surface area contributed by atoms with Crippen LogP contribution in [0, 0.1) is 0 Å². The first kappa shape index (κ1) is 23.4. The predicted molar refractivity (Wildman–Crippen MR) is 136 cm³/mol. The summed E-state index contributed by atoms with van der Waals surface area (Å²) in [7, 11) is 0. The van der Waals surface area contributed by atoms with Gasteiger partial charge in [0.15, 0.2) is 11.5 Å². The summed E-state index contributed by atoms with van der Waals surface area (Å²) >= 11 is 6.53. The number of amides is 1. The minimum Gasteiger partial charge on any atom is -0.454 e. The minimum absolute atomic E-state index is 0.0187. The van der Waals surface area contributed by atoms with Gasteiger partial charge in [0, 0.05) is 35.7 Å². The molecule has 1 aliphatic carbocycles. The zero-order chi connectivity index (χ0) is 24.6. The SMILES string of the molecule is CCN(CC)C(=O)c1ccc(-c2cc(CC(=O)C3(c4ccc5c(c4)OCO5)CC3)ccc2Cl)cc1. The molecule has 0 saturated heterocycles. The first-order valence-corrected chi connectivity index (χ1v) is 12.4. The summed E-state index contributed by atoms with van der Waals surface area (Å²) in [6.07, 6.45) is 2.01. The van der Waals surface area contributed by atoms with E-state index < -0.39 is 5.41 Å². The zero-order valence-electron chi connectivity index (χ0n) is 20.0. The molecule has 0 N–H and O–H groups in total. The first-order chi connectivity index (χ1) is 16.9. The zero-order valence-corrected chi connectivity index (χ0v) is 20.7. The smallest absolute Gasteiger partial charge is 0.253 e. The van der Waals surface area contributed by atoms with Crippen LogP contribution in [-0.4, -0.2) is 36.5 Å². The minimum atomic E-state index is -0.451. The second kappa shape index (κ2) is 9.38. The summed E-state index contributed by atoms with van der Waals surface area (Å²) in [6, 6.07) is 19.1. The van der Waals surface area contributed by atoms with Crippen molar-refractivity contribution in [3.8, 4) is 22.6 Å². The fourth-order valence-electron chi connectivity index (χ4n) is 4.79. The summed E-state index contributed by atoms with van der Waals surface area (Å²) in [4.78, 5) is 27.8. The molecule has 1 fully saturated rings. The highest BCUT2D eigenvalue weighted by atomic mass is 35.5. The van der Waals surface area contributed by atoms with Crippen molar-refractivity contribution in [2.45, 2.75) is 38.5 Å². The van der Waals surface area contributed by atoms with Crippen molar-refractivity contribution in [3.05, 3.63) is 82.4 Å². The van der Waals surface area contributed by atoms with E-state index in [0.29, 0.717) is 35.8 Å². The molecule has 1 heterocycles. The number of hydrogen-bond donors (Lipinski definition) is 0. The van der Waals surface area contributed by atoms with Crippen LogP contribution in [0.5, 0.6) is 11.5 Å². The second-order valence-corrected chi connectivity index (χ2v) is 9.53. The molecule has 1 saturated carbocycles. The Kier molecular flexibility index (Phi) is 6.28. The van der Waals surface area contributed by atoms with Gasteiger partial charge >= 0.3 is 0 Å². The number of hydrogen-bond acceptors (Lipinski definition) is 4. The number of Topliss-reactive ketones (excluding diaryl/α,β-unsaturated/α-hetero) is 1. The van der Waals surface area contributed by atoms with Gasteiger partial charge in [0.2, 0.25) is 6.79 Å². The van der Waals surface area contributed by atoms with Gasteiger partial charge in [-0.1, -0.05) is 35.9 Å². The molecule has 3 aromatic rings. The molecule has 3 aromatic carbocycles. The molecule has 0 atom stereocenters. The van der Waals surface area contributed by atoms with Gasteiger partial charge in [-0.2, -0.15) is 0 Å². The standard InChI is InChI=1S/C29H28ClNO4/c1-3-31(4-2)28(33)21-8-6-20(7-9-21)23-15-19(5-11-24(23)30)16-27(32)29(13-14-29)22-10-12-25-26(17-22)35-18-34-25/h5-12,15,17H,3-4,13-14,16,18H2,1-2H3. The van der Waals surface area contributed by atoms with E-state index in [2.05, 4.69) is 0 Å². The van der Waals surface area contributed by atoms with Crippen LogP contribution in [0.1, 0.15) is 48.2 Å². The predicted octanol–water partition coefficient (Wildman–Crippen LogP) is 6.06. The second-order valence-electron chi connectivity index (χ2n) is 9.12. The Morgan fingerprint density at radius 1 is 0.914 bits per heavy atom. The van der Waals surface area contributed by atoms with E-state index in [1.807, 2.05) is 74.5 Å². The molecule has 2 aliphatic rings. The van der Waals surface area contributed by atoms with Crippen LogP contribution >= 0.6 is 11.6 Å². The highest BCUT2D eigenvalue weighted by molar-refractivity contribution is 6.33. The number of carbonyl (C=O) groups excluding carboxylic acids is 2. The lowest BCUT2D eigenvalue weighted by molar-refractivity contribution is -0.120. The monoisotopic (exact) mass is 489 g/mol. The molecule has 0 radical (unpaired) electrons.